The molecule has 0 unspecified atom stereocenters. The summed E-state index contributed by atoms with van der Waals surface area (Å²) < 4.78 is 1.72. The maximum Gasteiger partial charge on any atom is 0.280 e. The summed E-state index contributed by atoms with van der Waals surface area (Å²) in [6.07, 6.45) is 0. The smallest absolute Gasteiger partial charge is 0.280 e. The van der Waals surface area contributed by atoms with Crippen molar-refractivity contribution in [3.05, 3.63) is 39.7 Å². The average Bonchev–Trinajstić information content (AvgIpc) is 2.81. The van der Waals surface area contributed by atoms with Crippen LogP contribution in [0.3, 0.4) is 0 Å². The molecule has 0 fully saturated rings. The lowest BCUT2D eigenvalue weighted by molar-refractivity contribution is -0.384. The molecule has 0 aliphatic heterocycles. The number of rotatable bonds is 4. The van der Waals surface area contributed by atoms with E-state index in [9.17, 15) is 15.2 Å². The van der Waals surface area contributed by atoms with Crippen LogP contribution < -0.4 is 0 Å². The minimum Gasteiger partial charge on any atom is -0.388 e. The standard InChI is InChI=1S/C13H16N4O3/c1-8(2)16-11(7-18)14-15-13(16)12-9(3)5-4-6-10(12)17(19)20/h4-6,8,18H,7H2,1-3H3. The van der Waals surface area contributed by atoms with Crippen LogP contribution in [0.5, 0.6) is 0 Å². The molecular weight excluding hydrogens is 260 g/mol. The van der Waals surface area contributed by atoms with Gasteiger partial charge in [0.1, 0.15) is 6.61 Å². The topological polar surface area (TPSA) is 94.1 Å². The molecule has 0 amide bonds. The number of hydrogen-bond donors (Lipinski definition) is 1. The van der Waals surface area contributed by atoms with Crippen LogP contribution >= 0.6 is 0 Å². The van der Waals surface area contributed by atoms with Crippen molar-refractivity contribution < 1.29 is 10.0 Å². The number of nitrogens with zero attached hydrogens (tertiary/aromatic N) is 4. The van der Waals surface area contributed by atoms with E-state index in [1.807, 2.05) is 13.8 Å². The van der Waals surface area contributed by atoms with E-state index >= 15 is 0 Å². The summed E-state index contributed by atoms with van der Waals surface area (Å²) in [6, 6.07) is 4.86. The van der Waals surface area contributed by atoms with Gasteiger partial charge in [0.25, 0.3) is 5.69 Å². The Morgan fingerprint density at radius 3 is 2.65 bits per heavy atom. The third-order valence-electron chi connectivity index (χ3n) is 3.10. The second-order valence-corrected chi connectivity index (χ2v) is 4.79. The fraction of sp³-hybridized carbons (Fsp3) is 0.385. The fourth-order valence-corrected chi connectivity index (χ4v) is 2.24. The molecule has 106 valence electrons. The molecule has 1 aromatic heterocycles. The first-order chi connectivity index (χ1) is 9.47. The molecule has 0 spiro atoms. The maximum atomic E-state index is 11.2. The number of nitro groups is 1. The van der Waals surface area contributed by atoms with Crippen LogP contribution in [0.2, 0.25) is 0 Å². The van der Waals surface area contributed by atoms with Crippen LogP contribution in [0.15, 0.2) is 18.2 Å². The SMILES string of the molecule is Cc1cccc([N+](=O)[O-])c1-c1nnc(CO)n1C(C)C. The van der Waals surface area contributed by atoms with Gasteiger partial charge in [-0.3, -0.25) is 10.1 Å². The first kappa shape index (κ1) is 14.1. The highest BCUT2D eigenvalue weighted by atomic mass is 16.6. The van der Waals surface area contributed by atoms with Crippen LogP contribution in [0.4, 0.5) is 5.69 Å². The zero-order valence-corrected chi connectivity index (χ0v) is 11.6. The third-order valence-corrected chi connectivity index (χ3v) is 3.10. The number of aliphatic hydroxyl groups is 1. The van der Waals surface area contributed by atoms with E-state index in [0.29, 0.717) is 17.2 Å². The third kappa shape index (κ3) is 2.27. The van der Waals surface area contributed by atoms with E-state index in [1.54, 1.807) is 23.6 Å². The lowest BCUT2D eigenvalue weighted by Gasteiger charge is -2.14. The first-order valence-corrected chi connectivity index (χ1v) is 6.26. The van der Waals surface area contributed by atoms with Crippen molar-refractivity contribution >= 4 is 5.69 Å². The molecule has 0 bridgehead atoms. The molecule has 0 radical (unpaired) electrons. The monoisotopic (exact) mass is 276 g/mol. The van der Waals surface area contributed by atoms with E-state index in [0.717, 1.165) is 5.56 Å². The van der Waals surface area contributed by atoms with Crippen molar-refractivity contribution in [1.82, 2.24) is 14.8 Å². The van der Waals surface area contributed by atoms with Gasteiger partial charge in [-0.2, -0.15) is 0 Å². The van der Waals surface area contributed by atoms with Crippen molar-refractivity contribution in [2.24, 2.45) is 0 Å². The zero-order valence-electron chi connectivity index (χ0n) is 11.6. The molecule has 0 aliphatic rings. The largest absolute Gasteiger partial charge is 0.388 e. The van der Waals surface area contributed by atoms with Gasteiger partial charge in [-0.15, -0.1) is 10.2 Å². The highest BCUT2D eigenvalue weighted by molar-refractivity contribution is 5.72. The van der Waals surface area contributed by atoms with Gasteiger partial charge in [0.15, 0.2) is 11.6 Å². The van der Waals surface area contributed by atoms with E-state index < -0.39 is 4.92 Å². The molecule has 20 heavy (non-hydrogen) atoms. The fourth-order valence-electron chi connectivity index (χ4n) is 2.24. The minimum atomic E-state index is -0.430. The Morgan fingerprint density at radius 1 is 1.40 bits per heavy atom. The zero-order chi connectivity index (χ0) is 14.9. The van der Waals surface area contributed by atoms with Gasteiger partial charge in [0.05, 0.1) is 10.5 Å². The van der Waals surface area contributed by atoms with Gasteiger partial charge >= 0.3 is 0 Å². The Bertz CT molecular complexity index is 649. The van der Waals surface area contributed by atoms with Crippen molar-refractivity contribution in [3.63, 3.8) is 0 Å². The lowest BCUT2D eigenvalue weighted by Crippen LogP contribution is -2.09. The second kappa shape index (κ2) is 5.38. The van der Waals surface area contributed by atoms with Gasteiger partial charge in [0.2, 0.25) is 0 Å². The van der Waals surface area contributed by atoms with Crippen molar-refractivity contribution in [3.8, 4) is 11.4 Å². The molecule has 1 N–H and O–H groups in total. The number of aryl methyl sites for hydroxylation is 1. The Labute approximate surface area is 116 Å². The van der Waals surface area contributed by atoms with Crippen LogP contribution in [0, 0.1) is 17.0 Å². The molecule has 7 nitrogen and oxygen atoms in total. The first-order valence-electron chi connectivity index (χ1n) is 6.26. The van der Waals surface area contributed by atoms with Gasteiger partial charge in [0, 0.05) is 12.1 Å². The summed E-state index contributed by atoms with van der Waals surface area (Å²) in [5.74, 6) is 0.807. The van der Waals surface area contributed by atoms with Crippen molar-refractivity contribution in [2.75, 3.05) is 0 Å². The molecule has 0 atom stereocenters. The predicted octanol–water partition coefficient (Wildman–Crippen LogP) is 2.23. The molecule has 2 rings (SSSR count). The molecule has 0 aliphatic carbocycles. The van der Waals surface area contributed by atoms with Crippen LogP contribution in [-0.2, 0) is 6.61 Å². The van der Waals surface area contributed by atoms with E-state index in [4.69, 9.17) is 0 Å². The van der Waals surface area contributed by atoms with Gasteiger partial charge in [-0.25, -0.2) is 0 Å². The minimum absolute atomic E-state index is 0.0104. The quantitative estimate of drug-likeness (QED) is 0.682. The summed E-state index contributed by atoms with van der Waals surface area (Å²) in [6.45, 7) is 5.36. The number of benzene rings is 1. The Kier molecular flexibility index (Phi) is 3.80. The Morgan fingerprint density at radius 2 is 2.10 bits per heavy atom. The lowest BCUT2D eigenvalue weighted by atomic mass is 10.1. The normalized spacial score (nSPS) is 11.1. The van der Waals surface area contributed by atoms with Gasteiger partial charge < -0.3 is 9.67 Å². The molecular formula is C13H16N4O3. The Balaban J connectivity index is 2.75. The molecule has 0 saturated heterocycles. The molecule has 1 aromatic carbocycles. The van der Waals surface area contributed by atoms with Gasteiger partial charge in [-0.05, 0) is 26.3 Å². The number of hydrogen-bond acceptors (Lipinski definition) is 5. The number of nitro benzene ring substituents is 1. The van der Waals surface area contributed by atoms with Crippen LogP contribution in [0.25, 0.3) is 11.4 Å². The summed E-state index contributed by atoms with van der Waals surface area (Å²) in [5, 5.41) is 28.5. The molecule has 7 heteroatoms. The van der Waals surface area contributed by atoms with E-state index in [2.05, 4.69) is 10.2 Å². The highest BCUT2D eigenvalue weighted by Crippen LogP contribution is 2.33. The van der Waals surface area contributed by atoms with Crippen LogP contribution in [-0.4, -0.2) is 24.8 Å². The average molecular weight is 276 g/mol. The highest BCUT2D eigenvalue weighted by Gasteiger charge is 2.24. The van der Waals surface area contributed by atoms with E-state index in [1.165, 1.54) is 6.07 Å². The number of aliphatic hydroxyl groups excluding tert-OH is 1. The summed E-state index contributed by atoms with van der Waals surface area (Å²) in [7, 11) is 0. The summed E-state index contributed by atoms with van der Waals surface area (Å²) in [5.41, 5.74) is 1.18. The van der Waals surface area contributed by atoms with Crippen molar-refractivity contribution in [1.29, 1.82) is 0 Å². The van der Waals surface area contributed by atoms with E-state index in [-0.39, 0.29) is 18.3 Å². The molecule has 1 heterocycles. The molecule has 0 saturated carbocycles. The summed E-state index contributed by atoms with van der Waals surface area (Å²) in [4.78, 5) is 10.8. The van der Waals surface area contributed by atoms with Crippen molar-refractivity contribution in [2.45, 2.75) is 33.4 Å². The van der Waals surface area contributed by atoms with Crippen LogP contribution in [0.1, 0.15) is 31.3 Å². The molecule has 2 aromatic rings. The number of aromatic nitrogens is 3. The second-order valence-electron chi connectivity index (χ2n) is 4.79. The Hall–Kier alpha value is -2.28. The maximum absolute atomic E-state index is 11.2. The summed E-state index contributed by atoms with van der Waals surface area (Å²) >= 11 is 0. The van der Waals surface area contributed by atoms with Gasteiger partial charge in [-0.1, -0.05) is 12.1 Å². The predicted molar refractivity (Wildman–Crippen MR) is 73.2 cm³/mol.